The van der Waals surface area contributed by atoms with Crippen LogP contribution in [0, 0.1) is 5.92 Å². The van der Waals surface area contributed by atoms with Gasteiger partial charge in [-0.15, -0.1) is 0 Å². The standard InChI is InChI=1S/C12H18N4O/c1-8-5-9(2)16(7-8)12(17)10-6-14-4-3-11(10)15-13/h3-4,6,8-9H,5,7,13H2,1-2H3,(H,14,15). The molecule has 2 atom stereocenters. The highest BCUT2D eigenvalue weighted by atomic mass is 16.2. The Balaban J connectivity index is 2.25. The van der Waals surface area contributed by atoms with Crippen LogP contribution in [0.5, 0.6) is 0 Å². The molecule has 2 rings (SSSR count). The van der Waals surface area contributed by atoms with E-state index in [1.807, 2.05) is 4.90 Å². The number of pyridine rings is 1. The zero-order valence-electron chi connectivity index (χ0n) is 10.2. The molecule has 92 valence electrons. The Kier molecular flexibility index (Phi) is 3.28. The zero-order chi connectivity index (χ0) is 12.4. The summed E-state index contributed by atoms with van der Waals surface area (Å²) in [5, 5.41) is 0. The molecule has 0 aromatic carbocycles. The van der Waals surface area contributed by atoms with Crippen LogP contribution in [0.3, 0.4) is 0 Å². The molecule has 17 heavy (non-hydrogen) atoms. The van der Waals surface area contributed by atoms with E-state index in [2.05, 4.69) is 24.3 Å². The van der Waals surface area contributed by atoms with Gasteiger partial charge in [0.05, 0.1) is 11.3 Å². The number of amides is 1. The molecule has 1 aromatic rings. The SMILES string of the molecule is CC1CC(C)N(C(=O)c2cnccc2NN)C1. The largest absolute Gasteiger partial charge is 0.336 e. The van der Waals surface area contributed by atoms with Crippen molar-refractivity contribution in [2.45, 2.75) is 26.3 Å². The molecule has 0 saturated carbocycles. The van der Waals surface area contributed by atoms with Crippen molar-refractivity contribution in [2.24, 2.45) is 11.8 Å². The van der Waals surface area contributed by atoms with Crippen molar-refractivity contribution in [1.82, 2.24) is 9.88 Å². The Morgan fingerprint density at radius 2 is 2.35 bits per heavy atom. The molecular formula is C12H18N4O. The number of hydrazine groups is 1. The van der Waals surface area contributed by atoms with Gasteiger partial charge in [-0.25, -0.2) is 0 Å². The van der Waals surface area contributed by atoms with Gasteiger partial charge in [0.15, 0.2) is 0 Å². The van der Waals surface area contributed by atoms with Gasteiger partial charge < -0.3 is 10.3 Å². The van der Waals surface area contributed by atoms with Crippen LogP contribution in [0.2, 0.25) is 0 Å². The first kappa shape index (κ1) is 11.9. The van der Waals surface area contributed by atoms with Gasteiger partial charge in [0, 0.05) is 25.0 Å². The van der Waals surface area contributed by atoms with E-state index in [-0.39, 0.29) is 11.9 Å². The molecule has 1 amide bonds. The van der Waals surface area contributed by atoms with E-state index in [1.54, 1.807) is 18.5 Å². The van der Waals surface area contributed by atoms with Gasteiger partial charge >= 0.3 is 0 Å². The smallest absolute Gasteiger partial charge is 0.257 e. The van der Waals surface area contributed by atoms with Crippen molar-refractivity contribution < 1.29 is 4.79 Å². The topological polar surface area (TPSA) is 71.2 Å². The molecule has 1 fully saturated rings. The van der Waals surface area contributed by atoms with Crippen LogP contribution in [-0.2, 0) is 0 Å². The third kappa shape index (κ3) is 2.24. The second kappa shape index (κ2) is 4.71. The van der Waals surface area contributed by atoms with Gasteiger partial charge in [-0.1, -0.05) is 6.92 Å². The number of nitrogens with zero attached hydrogens (tertiary/aromatic N) is 2. The highest BCUT2D eigenvalue weighted by molar-refractivity contribution is 5.99. The highest BCUT2D eigenvalue weighted by Gasteiger charge is 2.31. The number of carbonyl (C=O) groups is 1. The maximum atomic E-state index is 12.4. The Hall–Kier alpha value is -1.62. The fourth-order valence-electron chi connectivity index (χ4n) is 2.43. The summed E-state index contributed by atoms with van der Waals surface area (Å²) < 4.78 is 0. The maximum Gasteiger partial charge on any atom is 0.257 e. The second-order valence-corrected chi connectivity index (χ2v) is 4.71. The number of hydrogen-bond donors (Lipinski definition) is 2. The first-order chi connectivity index (χ1) is 8.13. The molecule has 2 unspecified atom stereocenters. The Labute approximate surface area is 101 Å². The fraction of sp³-hybridized carbons (Fsp3) is 0.500. The van der Waals surface area contributed by atoms with E-state index in [0.717, 1.165) is 13.0 Å². The van der Waals surface area contributed by atoms with Crippen molar-refractivity contribution in [2.75, 3.05) is 12.0 Å². The summed E-state index contributed by atoms with van der Waals surface area (Å²) in [7, 11) is 0. The second-order valence-electron chi connectivity index (χ2n) is 4.71. The molecule has 0 radical (unpaired) electrons. The maximum absolute atomic E-state index is 12.4. The minimum Gasteiger partial charge on any atom is -0.336 e. The average molecular weight is 234 g/mol. The summed E-state index contributed by atoms with van der Waals surface area (Å²) in [4.78, 5) is 18.3. The van der Waals surface area contributed by atoms with Crippen LogP contribution in [0.4, 0.5) is 5.69 Å². The van der Waals surface area contributed by atoms with Crippen LogP contribution in [0.25, 0.3) is 0 Å². The summed E-state index contributed by atoms with van der Waals surface area (Å²) >= 11 is 0. The van der Waals surface area contributed by atoms with E-state index in [0.29, 0.717) is 17.2 Å². The number of nitrogen functional groups attached to an aromatic ring is 1. The molecule has 1 aliphatic rings. The van der Waals surface area contributed by atoms with Gasteiger partial charge in [0.2, 0.25) is 0 Å². The molecule has 1 aliphatic heterocycles. The van der Waals surface area contributed by atoms with Crippen molar-refractivity contribution in [3.8, 4) is 0 Å². The Bertz CT molecular complexity index is 421. The van der Waals surface area contributed by atoms with Gasteiger partial charge in [-0.05, 0) is 25.3 Å². The predicted octanol–water partition coefficient (Wildman–Crippen LogP) is 1.24. The normalized spacial score (nSPS) is 23.8. The van der Waals surface area contributed by atoms with Crippen molar-refractivity contribution in [3.05, 3.63) is 24.0 Å². The van der Waals surface area contributed by atoms with Crippen LogP contribution in [-0.4, -0.2) is 28.4 Å². The Morgan fingerprint density at radius 1 is 1.59 bits per heavy atom. The van der Waals surface area contributed by atoms with Crippen LogP contribution in [0.1, 0.15) is 30.6 Å². The summed E-state index contributed by atoms with van der Waals surface area (Å²) in [6.45, 7) is 5.04. The van der Waals surface area contributed by atoms with Gasteiger partial charge in [-0.3, -0.25) is 15.6 Å². The fourth-order valence-corrected chi connectivity index (χ4v) is 2.43. The number of nitrogens with one attached hydrogen (secondary N) is 1. The lowest BCUT2D eigenvalue weighted by Crippen LogP contribution is -2.34. The number of rotatable bonds is 2. The number of nitrogens with two attached hydrogens (primary N) is 1. The molecule has 0 spiro atoms. The van der Waals surface area contributed by atoms with E-state index >= 15 is 0 Å². The molecule has 1 aromatic heterocycles. The van der Waals surface area contributed by atoms with Crippen LogP contribution in [0.15, 0.2) is 18.5 Å². The zero-order valence-corrected chi connectivity index (χ0v) is 10.2. The molecule has 1 saturated heterocycles. The third-order valence-corrected chi connectivity index (χ3v) is 3.25. The monoisotopic (exact) mass is 234 g/mol. The quantitative estimate of drug-likeness (QED) is 0.596. The lowest BCUT2D eigenvalue weighted by Gasteiger charge is -2.22. The van der Waals surface area contributed by atoms with Crippen molar-refractivity contribution >= 4 is 11.6 Å². The van der Waals surface area contributed by atoms with Gasteiger partial charge in [0.25, 0.3) is 5.91 Å². The van der Waals surface area contributed by atoms with E-state index in [1.165, 1.54) is 0 Å². The highest BCUT2D eigenvalue weighted by Crippen LogP contribution is 2.25. The Morgan fingerprint density at radius 3 is 2.94 bits per heavy atom. The van der Waals surface area contributed by atoms with E-state index in [4.69, 9.17) is 5.84 Å². The molecule has 5 heteroatoms. The summed E-state index contributed by atoms with van der Waals surface area (Å²) in [6.07, 6.45) is 4.23. The van der Waals surface area contributed by atoms with Gasteiger partial charge in [0.1, 0.15) is 0 Å². The first-order valence-electron chi connectivity index (χ1n) is 5.85. The molecule has 5 nitrogen and oxygen atoms in total. The average Bonchev–Trinajstić information content (AvgIpc) is 2.67. The van der Waals surface area contributed by atoms with Crippen molar-refractivity contribution in [3.63, 3.8) is 0 Å². The molecule has 0 bridgehead atoms. The summed E-state index contributed by atoms with van der Waals surface area (Å²) in [5.74, 6) is 5.96. The molecule has 0 aliphatic carbocycles. The van der Waals surface area contributed by atoms with Crippen LogP contribution < -0.4 is 11.3 Å². The first-order valence-corrected chi connectivity index (χ1v) is 5.85. The van der Waals surface area contributed by atoms with Gasteiger partial charge in [-0.2, -0.15) is 0 Å². The number of likely N-dealkylation sites (tertiary alicyclic amines) is 1. The number of hydrogen-bond acceptors (Lipinski definition) is 4. The summed E-state index contributed by atoms with van der Waals surface area (Å²) in [5.41, 5.74) is 3.70. The minimum absolute atomic E-state index is 0.00269. The lowest BCUT2D eigenvalue weighted by molar-refractivity contribution is 0.0744. The lowest BCUT2D eigenvalue weighted by atomic mass is 10.1. The molecular weight excluding hydrogens is 216 g/mol. The van der Waals surface area contributed by atoms with Crippen LogP contribution >= 0.6 is 0 Å². The number of aromatic nitrogens is 1. The molecule has 3 N–H and O–H groups in total. The van der Waals surface area contributed by atoms with Crippen molar-refractivity contribution in [1.29, 1.82) is 0 Å². The van der Waals surface area contributed by atoms with E-state index < -0.39 is 0 Å². The number of carbonyl (C=O) groups excluding carboxylic acids is 1. The third-order valence-electron chi connectivity index (χ3n) is 3.25. The summed E-state index contributed by atoms with van der Waals surface area (Å²) in [6, 6.07) is 1.99. The van der Waals surface area contributed by atoms with E-state index in [9.17, 15) is 4.79 Å². The predicted molar refractivity (Wildman–Crippen MR) is 66.3 cm³/mol. The molecule has 2 heterocycles. The minimum atomic E-state index is 0.00269. The number of anilines is 1.